The van der Waals surface area contributed by atoms with E-state index < -0.39 is 55.1 Å². The van der Waals surface area contributed by atoms with Gasteiger partial charge in [-0.1, -0.05) is 0 Å². The quantitative estimate of drug-likeness (QED) is 0.417. The molecule has 0 radical (unpaired) electrons. The van der Waals surface area contributed by atoms with Gasteiger partial charge in [0.1, 0.15) is 0 Å². The van der Waals surface area contributed by atoms with Crippen LogP contribution in [0.4, 0.5) is 0 Å². The molecule has 0 fully saturated rings. The summed E-state index contributed by atoms with van der Waals surface area (Å²) < 4.78 is 14.6. The van der Waals surface area contributed by atoms with E-state index in [1.807, 2.05) is 0 Å². The van der Waals surface area contributed by atoms with E-state index in [9.17, 15) is 14.4 Å². The number of hydrogen-bond donors (Lipinski definition) is 3. The molecule has 0 aromatic carbocycles. The van der Waals surface area contributed by atoms with Crippen molar-refractivity contribution in [2.75, 3.05) is 0 Å². The first-order chi connectivity index (χ1) is 8.65. The zero-order chi connectivity index (χ0) is 15.2. The Morgan fingerprint density at radius 1 is 0.737 bits per heavy atom. The molecule has 3 unspecified atom stereocenters. The van der Waals surface area contributed by atoms with Crippen molar-refractivity contribution in [3.05, 3.63) is 0 Å². The molecule has 0 saturated heterocycles. The molecule has 0 N–H and O–H groups in total. The van der Waals surface area contributed by atoms with Crippen LogP contribution in [0.2, 0.25) is 0 Å². The van der Waals surface area contributed by atoms with Gasteiger partial charge in [0.05, 0.1) is 0 Å². The molecule has 0 saturated carbocycles. The summed E-state index contributed by atoms with van der Waals surface area (Å²) in [5, 5.41) is -2.15. The fraction of sp³-hybridized carbons (Fsp3) is 0.667. The standard InChI is InChI=1S/3C3H6O2S.Sb/c3*1-2(6)3(4)5;/h3*2,6H,1H3,(H,4,5);/q;;;+3/p-3. The fourth-order valence-corrected chi connectivity index (χ4v) is 4.34. The SMILES string of the molecule is CC(S)C(=O)[O][Sb]([O]C(=O)C(C)S)[O]C(=O)C(C)S. The van der Waals surface area contributed by atoms with Gasteiger partial charge in [0.2, 0.25) is 0 Å². The molecule has 0 rings (SSSR count). The van der Waals surface area contributed by atoms with Crippen LogP contribution in [0.15, 0.2) is 0 Å². The second-order valence-corrected chi connectivity index (χ2v) is 8.65. The third-order valence-corrected chi connectivity index (χ3v) is 4.97. The average molecular weight is 437 g/mol. The molecule has 0 aliphatic carbocycles. The Morgan fingerprint density at radius 2 is 0.947 bits per heavy atom. The van der Waals surface area contributed by atoms with E-state index in [1.54, 1.807) is 0 Å². The summed E-state index contributed by atoms with van der Waals surface area (Å²) in [4.78, 5) is 34.1. The van der Waals surface area contributed by atoms with Crippen LogP contribution in [0.25, 0.3) is 0 Å². The van der Waals surface area contributed by atoms with Crippen molar-refractivity contribution < 1.29 is 23.4 Å². The van der Waals surface area contributed by atoms with Gasteiger partial charge in [-0.3, -0.25) is 0 Å². The molecule has 110 valence electrons. The van der Waals surface area contributed by atoms with Gasteiger partial charge in [0, 0.05) is 0 Å². The van der Waals surface area contributed by atoms with E-state index in [0.717, 1.165) is 0 Å². The molecule has 0 aromatic heterocycles. The molecule has 0 bridgehead atoms. The van der Waals surface area contributed by atoms with E-state index >= 15 is 0 Å². The van der Waals surface area contributed by atoms with Gasteiger partial charge >= 0.3 is 137 Å². The molecular formula is C9H15O6S3Sb. The first kappa shape index (κ1) is 19.3. The molecule has 0 aromatic rings. The summed E-state index contributed by atoms with van der Waals surface area (Å²) in [6.07, 6.45) is 0. The van der Waals surface area contributed by atoms with Gasteiger partial charge in [0.15, 0.2) is 0 Å². The minimum absolute atomic E-state index is 0.716. The van der Waals surface area contributed by atoms with Crippen LogP contribution in [0.3, 0.4) is 0 Å². The molecule has 0 spiro atoms. The van der Waals surface area contributed by atoms with Crippen molar-refractivity contribution in [3.63, 3.8) is 0 Å². The molecule has 0 amide bonds. The Kier molecular flexibility index (Phi) is 9.39. The maximum atomic E-state index is 11.4. The second-order valence-electron chi connectivity index (χ2n) is 3.48. The topological polar surface area (TPSA) is 78.9 Å². The summed E-state index contributed by atoms with van der Waals surface area (Å²) in [7, 11) is 0. The average Bonchev–Trinajstić information content (AvgIpc) is 2.27. The van der Waals surface area contributed by atoms with Crippen LogP contribution in [-0.2, 0) is 23.4 Å². The van der Waals surface area contributed by atoms with Crippen LogP contribution < -0.4 is 0 Å². The molecule has 0 aliphatic heterocycles. The molecule has 0 heterocycles. The Labute approximate surface area is 136 Å². The summed E-state index contributed by atoms with van der Waals surface area (Å²) in [5.41, 5.74) is 0. The van der Waals surface area contributed by atoms with Gasteiger partial charge in [0.25, 0.3) is 0 Å². The summed E-state index contributed by atoms with van der Waals surface area (Å²) in [6, 6.07) is 0. The summed E-state index contributed by atoms with van der Waals surface area (Å²) in [6.45, 7) is 4.45. The second kappa shape index (κ2) is 9.26. The number of hydrogen-bond acceptors (Lipinski definition) is 9. The van der Waals surface area contributed by atoms with Gasteiger partial charge < -0.3 is 0 Å². The first-order valence-corrected chi connectivity index (χ1v) is 9.82. The van der Waals surface area contributed by atoms with Crippen LogP contribution in [0.1, 0.15) is 20.8 Å². The van der Waals surface area contributed by atoms with Crippen molar-refractivity contribution >= 4 is 77.3 Å². The summed E-state index contributed by atoms with van der Waals surface area (Å²) >= 11 is 7.87. The fourth-order valence-electron chi connectivity index (χ4n) is 0.505. The summed E-state index contributed by atoms with van der Waals surface area (Å²) in [5.74, 6) is -2.15. The molecule has 10 heteroatoms. The third-order valence-electron chi connectivity index (χ3n) is 1.52. The van der Waals surface area contributed by atoms with Crippen molar-refractivity contribution in [2.24, 2.45) is 0 Å². The van der Waals surface area contributed by atoms with E-state index in [1.165, 1.54) is 20.8 Å². The van der Waals surface area contributed by atoms with Crippen LogP contribution >= 0.6 is 37.9 Å². The molecule has 6 nitrogen and oxygen atoms in total. The van der Waals surface area contributed by atoms with Crippen molar-refractivity contribution in [3.8, 4) is 0 Å². The van der Waals surface area contributed by atoms with Crippen molar-refractivity contribution in [1.29, 1.82) is 0 Å². The first-order valence-electron chi connectivity index (χ1n) is 5.15. The van der Waals surface area contributed by atoms with Crippen LogP contribution in [0.5, 0.6) is 0 Å². The normalized spacial score (nSPS) is 15.3. The van der Waals surface area contributed by atoms with Gasteiger partial charge in [-0.05, 0) is 0 Å². The Balaban J connectivity index is 4.68. The number of thiol groups is 3. The molecule has 19 heavy (non-hydrogen) atoms. The number of carbonyl (C=O) groups is 3. The number of rotatable bonds is 6. The van der Waals surface area contributed by atoms with E-state index in [4.69, 9.17) is 9.05 Å². The van der Waals surface area contributed by atoms with Gasteiger partial charge in [-0.15, -0.1) is 0 Å². The monoisotopic (exact) mass is 436 g/mol. The van der Waals surface area contributed by atoms with Crippen LogP contribution in [-0.4, -0.2) is 55.1 Å². The zero-order valence-electron chi connectivity index (χ0n) is 10.5. The van der Waals surface area contributed by atoms with E-state index in [-0.39, 0.29) is 0 Å². The van der Waals surface area contributed by atoms with Crippen molar-refractivity contribution in [1.82, 2.24) is 0 Å². The molecular weight excluding hydrogens is 422 g/mol. The Bertz CT molecular complexity index is 295. The number of carbonyl (C=O) groups excluding carboxylic acids is 3. The van der Waals surface area contributed by atoms with Crippen molar-refractivity contribution in [2.45, 2.75) is 36.5 Å². The van der Waals surface area contributed by atoms with Gasteiger partial charge in [-0.25, -0.2) is 0 Å². The van der Waals surface area contributed by atoms with E-state index in [2.05, 4.69) is 37.9 Å². The molecule has 3 atom stereocenters. The van der Waals surface area contributed by atoms with Gasteiger partial charge in [-0.2, -0.15) is 0 Å². The molecule has 0 aliphatic rings. The zero-order valence-corrected chi connectivity index (χ0v) is 15.7. The third kappa shape index (κ3) is 8.22. The van der Waals surface area contributed by atoms with Crippen LogP contribution in [0, 0.1) is 0 Å². The Morgan fingerprint density at radius 3 is 1.11 bits per heavy atom. The van der Waals surface area contributed by atoms with E-state index in [0.29, 0.717) is 0 Å². The predicted molar refractivity (Wildman–Crippen MR) is 79.4 cm³/mol. The maximum absolute atomic E-state index is 11.4. The predicted octanol–water partition coefficient (Wildman–Crippen LogP) is 0.556. The minimum atomic E-state index is -3.75. The Hall–Kier alpha value is 0.278.